The zero-order chi connectivity index (χ0) is 27.1. The molecule has 0 fully saturated rings. The minimum Gasteiger partial charge on any atom is -0.483 e. The van der Waals surface area contributed by atoms with Gasteiger partial charge in [-0.25, -0.2) is 0 Å². The maximum absolute atomic E-state index is 13.8. The number of nitrogens with one attached hydrogen (secondary N) is 1. The Morgan fingerprint density at radius 1 is 0.895 bits per heavy atom. The molecule has 1 N–H and O–H groups in total. The Morgan fingerprint density at radius 2 is 1.61 bits per heavy atom. The van der Waals surface area contributed by atoms with Crippen LogP contribution >= 0.6 is 23.2 Å². The van der Waals surface area contributed by atoms with Crippen LogP contribution in [0, 0.1) is 0 Å². The molecule has 0 radical (unpaired) electrons. The Kier molecular flexibility index (Phi) is 9.27. The van der Waals surface area contributed by atoms with Gasteiger partial charge in [-0.15, -0.1) is 0 Å². The van der Waals surface area contributed by atoms with Crippen molar-refractivity contribution in [1.29, 1.82) is 0 Å². The van der Waals surface area contributed by atoms with Gasteiger partial charge >= 0.3 is 0 Å². The van der Waals surface area contributed by atoms with Crippen molar-refractivity contribution in [1.82, 2.24) is 10.2 Å². The van der Waals surface area contributed by atoms with Gasteiger partial charge in [-0.3, -0.25) is 9.59 Å². The maximum Gasteiger partial charge on any atom is 0.261 e. The first kappa shape index (κ1) is 27.5. The number of halogens is 2. The van der Waals surface area contributed by atoms with Gasteiger partial charge in [0.1, 0.15) is 11.8 Å². The van der Waals surface area contributed by atoms with E-state index >= 15 is 0 Å². The highest BCUT2D eigenvalue weighted by Gasteiger charge is 2.31. The highest BCUT2D eigenvalue weighted by atomic mass is 35.5. The average molecular weight is 549 g/mol. The summed E-state index contributed by atoms with van der Waals surface area (Å²) in [5.41, 5.74) is 1.62. The van der Waals surface area contributed by atoms with Crippen molar-refractivity contribution in [2.45, 2.75) is 38.9 Å². The number of ether oxygens (including phenoxy) is 1. The Bertz CT molecular complexity index is 1400. The van der Waals surface area contributed by atoms with Gasteiger partial charge in [-0.05, 0) is 48.6 Å². The van der Waals surface area contributed by atoms with Crippen molar-refractivity contribution >= 4 is 45.8 Å². The summed E-state index contributed by atoms with van der Waals surface area (Å²) in [5, 5.41) is 5.82. The van der Waals surface area contributed by atoms with Gasteiger partial charge < -0.3 is 15.0 Å². The van der Waals surface area contributed by atoms with Crippen molar-refractivity contribution < 1.29 is 14.3 Å². The third-order valence-corrected chi connectivity index (χ3v) is 6.75. The molecule has 4 aromatic rings. The molecule has 196 valence electrons. The van der Waals surface area contributed by atoms with Crippen LogP contribution in [0.3, 0.4) is 0 Å². The lowest BCUT2D eigenvalue weighted by Gasteiger charge is -2.32. The van der Waals surface area contributed by atoms with Crippen LogP contribution in [0.15, 0.2) is 91.0 Å². The van der Waals surface area contributed by atoms with Crippen molar-refractivity contribution in [2.75, 3.05) is 6.61 Å². The summed E-state index contributed by atoms with van der Waals surface area (Å²) < 4.78 is 6.03. The van der Waals surface area contributed by atoms with Crippen LogP contribution in [0.5, 0.6) is 5.75 Å². The van der Waals surface area contributed by atoms with Crippen molar-refractivity contribution in [2.24, 2.45) is 0 Å². The molecule has 0 bridgehead atoms. The van der Waals surface area contributed by atoms with Crippen LogP contribution in [0.4, 0.5) is 0 Å². The fourth-order valence-corrected chi connectivity index (χ4v) is 4.78. The minimum absolute atomic E-state index is 0.0937. The first-order valence-electron chi connectivity index (χ1n) is 12.5. The third-order valence-electron chi connectivity index (χ3n) is 6.16. The molecule has 5 nitrogen and oxygen atoms in total. The van der Waals surface area contributed by atoms with Gasteiger partial charge in [0.05, 0.1) is 0 Å². The largest absolute Gasteiger partial charge is 0.483 e. The molecule has 2 amide bonds. The molecule has 1 unspecified atom stereocenters. The number of nitrogens with zero attached hydrogens (tertiary/aromatic N) is 1. The van der Waals surface area contributed by atoms with E-state index in [4.69, 9.17) is 27.9 Å². The zero-order valence-electron chi connectivity index (χ0n) is 21.4. The summed E-state index contributed by atoms with van der Waals surface area (Å²) >= 11 is 12.6. The summed E-state index contributed by atoms with van der Waals surface area (Å²) in [6.45, 7) is 3.67. The van der Waals surface area contributed by atoms with Crippen molar-refractivity contribution in [3.8, 4) is 5.75 Å². The van der Waals surface area contributed by atoms with Crippen molar-refractivity contribution in [3.05, 3.63) is 112 Å². The van der Waals surface area contributed by atoms with E-state index in [9.17, 15) is 9.59 Å². The molecule has 1 atom stereocenters. The molecule has 0 aromatic heterocycles. The molecule has 4 rings (SSSR count). The Balaban J connectivity index is 1.67. The molecule has 38 heavy (non-hydrogen) atoms. The first-order valence-corrected chi connectivity index (χ1v) is 13.3. The number of rotatable bonds is 10. The fourth-order valence-electron chi connectivity index (χ4n) is 4.31. The molecule has 0 heterocycles. The number of carbonyl (C=O) groups excluding carboxylic acids is 2. The summed E-state index contributed by atoms with van der Waals surface area (Å²) in [5.74, 6) is 0.0309. The molecular weight excluding hydrogens is 519 g/mol. The van der Waals surface area contributed by atoms with E-state index in [1.165, 1.54) is 0 Å². The lowest BCUT2D eigenvalue weighted by molar-refractivity contribution is -0.143. The van der Waals surface area contributed by atoms with E-state index in [2.05, 4.69) is 5.32 Å². The second kappa shape index (κ2) is 12.8. The van der Waals surface area contributed by atoms with E-state index in [-0.39, 0.29) is 31.0 Å². The molecule has 0 saturated heterocycles. The lowest BCUT2D eigenvalue weighted by Crippen LogP contribution is -2.52. The Morgan fingerprint density at radius 3 is 2.34 bits per heavy atom. The van der Waals surface area contributed by atoms with Crippen LogP contribution in [0.2, 0.25) is 10.0 Å². The fraction of sp³-hybridized carbons (Fsp3) is 0.226. The predicted octanol–water partition coefficient (Wildman–Crippen LogP) is 6.69. The number of amides is 2. The molecule has 0 aliphatic rings. The second-order valence-corrected chi connectivity index (χ2v) is 10.2. The summed E-state index contributed by atoms with van der Waals surface area (Å²) in [6, 6.07) is 27.4. The van der Waals surface area contributed by atoms with Crippen LogP contribution in [-0.2, 0) is 22.6 Å². The smallest absolute Gasteiger partial charge is 0.261 e. The number of carbonyl (C=O) groups is 2. The normalized spacial score (nSPS) is 11.8. The zero-order valence-corrected chi connectivity index (χ0v) is 22.9. The highest BCUT2D eigenvalue weighted by molar-refractivity contribution is 6.35. The Hall–Kier alpha value is -3.54. The molecule has 7 heteroatoms. The number of hydrogen-bond donors (Lipinski definition) is 1. The molecule has 0 aliphatic heterocycles. The Labute approximate surface area is 233 Å². The standard InChI is InChI=1S/C31H30Cl2N2O3/c1-21(2)34-31(37)28(17-22-9-4-3-5-10-22)35(19-24-15-16-25(32)18-27(24)33)30(36)20-38-29-14-8-12-23-11-6-7-13-26(23)29/h3-16,18,21,28H,17,19-20H2,1-2H3,(H,34,37). The van der Waals surface area contributed by atoms with Gasteiger partial charge in [0.2, 0.25) is 5.91 Å². The highest BCUT2D eigenvalue weighted by Crippen LogP contribution is 2.27. The maximum atomic E-state index is 13.8. The lowest BCUT2D eigenvalue weighted by atomic mass is 10.0. The van der Waals surface area contributed by atoms with Gasteiger partial charge in [0, 0.05) is 34.4 Å². The average Bonchev–Trinajstić information content (AvgIpc) is 2.90. The van der Waals surface area contributed by atoms with Gasteiger partial charge in [0.15, 0.2) is 6.61 Å². The van der Waals surface area contributed by atoms with Crippen LogP contribution in [-0.4, -0.2) is 35.4 Å². The van der Waals surface area contributed by atoms with Crippen LogP contribution in [0.1, 0.15) is 25.0 Å². The minimum atomic E-state index is -0.782. The predicted molar refractivity (Wildman–Crippen MR) is 154 cm³/mol. The van der Waals surface area contributed by atoms with E-state index in [1.807, 2.05) is 86.6 Å². The molecule has 0 saturated carbocycles. The topological polar surface area (TPSA) is 58.6 Å². The second-order valence-electron chi connectivity index (χ2n) is 9.39. The number of benzene rings is 4. The van der Waals surface area contributed by atoms with Gasteiger partial charge in [-0.2, -0.15) is 0 Å². The van der Waals surface area contributed by atoms with E-state index in [1.54, 1.807) is 23.1 Å². The summed E-state index contributed by atoms with van der Waals surface area (Å²) in [6.07, 6.45) is 0.338. The quantitative estimate of drug-likeness (QED) is 0.240. The molecule has 0 aliphatic carbocycles. The molecular formula is C31H30Cl2N2O3. The van der Waals surface area contributed by atoms with E-state index in [0.29, 0.717) is 27.8 Å². The van der Waals surface area contributed by atoms with Crippen LogP contribution in [0.25, 0.3) is 10.8 Å². The molecule has 4 aromatic carbocycles. The van der Waals surface area contributed by atoms with E-state index < -0.39 is 6.04 Å². The SMILES string of the molecule is CC(C)NC(=O)C(Cc1ccccc1)N(Cc1ccc(Cl)cc1Cl)C(=O)COc1cccc2ccccc12. The van der Waals surface area contributed by atoms with Gasteiger partial charge in [-0.1, -0.05) is 96.0 Å². The van der Waals surface area contributed by atoms with Crippen LogP contribution < -0.4 is 10.1 Å². The van der Waals surface area contributed by atoms with E-state index in [0.717, 1.165) is 16.3 Å². The monoisotopic (exact) mass is 548 g/mol. The van der Waals surface area contributed by atoms with Crippen molar-refractivity contribution in [3.63, 3.8) is 0 Å². The molecule has 0 spiro atoms. The van der Waals surface area contributed by atoms with Gasteiger partial charge in [0.25, 0.3) is 5.91 Å². The number of hydrogen-bond acceptors (Lipinski definition) is 3. The summed E-state index contributed by atoms with van der Waals surface area (Å²) in [7, 11) is 0. The third kappa shape index (κ3) is 7.06. The summed E-state index contributed by atoms with van der Waals surface area (Å²) in [4.78, 5) is 28.8. The first-order chi connectivity index (χ1) is 18.3. The number of fused-ring (bicyclic) bond motifs is 1.